The molecular formula is C13H27NO2. The third-order valence-corrected chi connectivity index (χ3v) is 3.13. The van der Waals surface area contributed by atoms with Crippen LogP contribution in [0, 0.1) is 5.92 Å². The normalized spacial score (nSPS) is 22.9. The minimum absolute atomic E-state index is 0.00719. The Hall–Kier alpha value is -0.120. The summed E-state index contributed by atoms with van der Waals surface area (Å²) in [5, 5.41) is 0. The number of nitrogens with zero attached hydrogens (tertiary/aromatic N) is 1. The molecule has 1 heterocycles. The molecule has 0 spiro atoms. The summed E-state index contributed by atoms with van der Waals surface area (Å²) >= 11 is 0. The van der Waals surface area contributed by atoms with Crippen molar-refractivity contribution in [3.8, 4) is 0 Å². The lowest BCUT2D eigenvalue weighted by Crippen LogP contribution is -2.36. The van der Waals surface area contributed by atoms with Crippen molar-refractivity contribution in [1.82, 2.24) is 4.90 Å². The van der Waals surface area contributed by atoms with Gasteiger partial charge in [0.2, 0.25) is 0 Å². The smallest absolute Gasteiger partial charge is 0.158 e. The fourth-order valence-electron chi connectivity index (χ4n) is 2.36. The largest absolute Gasteiger partial charge is 0.353 e. The van der Waals surface area contributed by atoms with Gasteiger partial charge in [-0.15, -0.1) is 0 Å². The Morgan fingerprint density at radius 2 is 1.94 bits per heavy atom. The second-order valence-corrected chi connectivity index (χ2v) is 4.68. The van der Waals surface area contributed by atoms with E-state index in [1.807, 2.05) is 13.8 Å². The van der Waals surface area contributed by atoms with E-state index in [1.165, 1.54) is 25.9 Å². The van der Waals surface area contributed by atoms with E-state index in [9.17, 15) is 0 Å². The van der Waals surface area contributed by atoms with Crippen LogP contribution in [-0.2, 0) is 9.47 Å². The predicted molar refractivity (Wildman–Crippen MR) is 66.5 cm³/mol. The summed E-state index contributed by atoms with van der Waals surface area (Å²) in [4.78, 5) is 2.54. The Balaban J connectivity index is 2.19. The predicted octanol–water partition coefficient (Wildman–Crippen LogP) is 2.51. The molecule has 1 rings (SSSR count). The first-order chi connectivity index (χ1) is 7.76. The summed E-state index contributed by atoms with van der Waals surface area (Å²) in [5.74, 6) is 0.853. The van der Waals surface area contributed by atoms with Crippen LogP contribution in [0.15, 0.2) is 0 Å². The monoisotopic (exact) mass is 229 g/mol. The molecular weight excluding hydrogens is 202 g/mol. The van der Waals surface area contributed by atoms with Gasteiger partial charge in [0.1, 0.15) is 0 Å². The van der Waals surface area contributed by atoms with Crippen molar-refractivity contribution in [2.45, 2.75) is 46.3 Å². The van der Waals surface area contributed by atoms with Crippen molar-refractivity contribution in [3.05, 3.63) is 0 Å². The minimum Gasteiger partial charge on any atom is -0.353 e. The van der Waals surface area contributed by atoms with E-state index in [-0.39, 0.29) is 6.29 Å². The van der Waals surface area contributed by atoms with Crippen molar-refractivity contribution in [3.63, 3.8) is 0 Å². The zero-order chi connectivity index (χ0) is 11.8. The number of ether oxygens (including phenoxy) is 2. The highest BCUT2D eigenvalue weighted by Crippen LogP contribution is 2.16. The number of likely N-dealkylation sites (tertiary alicyclic amines) is 1. The van der Waals surface area contributed by atoms with Gasteiger partial charge in [0, 0.05) is 32.7 Å². The second kappa shape index (κ2) is 8.04. The van der Waals surface area contributed by atoms with E-state index in [2.05, 4.69) is 11.8 Å². The zero-order valence-corrected chi connectivity index (χ0v) is 11.1. The lowest BCUT2D eigenvalue weighted by atomic mass is 10.0. The first-order valence-corrected chi connectivity index (χ1v) is 6.71. The summed E-state index contributed by atoms with van der Waals surface area (Å²) < 4.78 is 11.1. The lowest BCUT2D eigenvalue weighted by Gasteiger charge is -2.31. The van der Waals surface area contributed by atoms with Crippen LogP contribution in [0.4, 0.5) is 0 Å². The van der Waals surface area contributed by atoms with Crippen LogP contribution in [0.1, 0.15) is 40.0 Å². The molecule has 0 N–H and O–H groups in total. The molecule has 0 amide bonds. The fraction of sp³-hybridized carbons (Fsp3) is 1.00. The Labute approximate surface area is 100 Å². The van der Waals surface area contributed by atoms with Crippen LogP contribution in [0.25, 0.3) is 0 Å². The molecule has 1 atom stereocenters. The molecule has 0 aromatic carbocycles. The van der Waals surface area contributed by atoms with Gasteiger partial charge in [-0.1, -0.05) is 6.92 Å². The standard InChI is InChI=1S/C13H27NO2/c1-4-15-13(16-5-2)8-10-14-9-6-7-12(3)11-14/h12-13H,4-11H2,1-3H3. The van der Waals surface area contributed by atoms with Gasteiger partial charge < -0.3 is 14.4 Å². The summed E-state index contributed by atoms with van der Waals surface area (Å²) in [6.45, 7) is 11.5. The maximum Gasteiger partial charge on any atom is 0.158 e. The van der Waals surface area contributed by atoms with E-state index in [0.717, 1.165) is 32.1 Å². The third kappa shape index (κ3) is 5.28. The molecule has 0 bridgehead atoms. The summed E-state index contributed by atoms with van der Waals surface area (Å²) in [5.41, 5.74) is 0. The number of hydrogen-bond donors (Lipinski definition) is 0. The number of rotatable bonds is 7. The van der Waals surface area contributed by atoms with Crippen LogP contribution >= 0.6 is 0 Å². The Bertz CT molecular complexity index is 165. The highest BCUT2D eigenvalue weighted by molar-refractivity contribution is 4.70. The maximum absolute atomic E-state index is 5.55. The number of hydrogen-bond acceptors (Lipinski definition) is 3. The average Bonchev–Trinajstić information content (AvgIpc) is 2.27. The van der Waals surface area contributed by atoms with Gasteiger partial charge in [-0.05, 0) is 39.2 Å². The van der Waals surface area contributed by atoms with E-state index < -0.39 is 0 Å². The topological polar surface area (TPSA) is 21.7 Å². The molecule has 0 saturated carbocycles. The fourth-order valence-corrected chi connectivity index (χ4v) is 2.36. The molecule has 1 aliphatic rings. The SMILES string of the molecule is CCOC(CCN1CCCC(C)C1)OCC. The quantitative estimate of drug-likeness (QED) is 0.626. The Morgan fingerprint density at radius 1 is 1.25 bits per heavy atom. The van der Waals surface area contributed by atoms with E-state index in [4.69, 9.17) is 9.47 Å². The first kappa shape index (κ1) is 13.9. The molecule has 0 aromatic heterocycles. The zero-order valence-electron chi connectivity index (χ0n) is 11.1. The van der Waals surface area contributed by atoms with Crippen LogP contribution < -0.4 is 0 Å². The van der Waals surface area contributed by atoms with Crippen molar-refractivity contribution >= 4 is 0 Å². The Morgan fingerprint density at radius 3 is 2.50 bits per heavy atom. The highest BCUT2D eigenvalue weighted by Gasteiger charge is 2.17. The molecule has 3 nitrogen and oxygen atoms in total. The molecule has 1 fully saturated rings. The van der Waals surface area contributed by atoms with Crippen molar-refractivity contribution in [2.24, 2.45) is 5.92 Å². The number of piperidine rings is 1. The van der Waals surface area contributed by atoms with E-state index >= 15 is 0 Å². The van der Waals surface area contributed by atoms with Crippen LogP contribution in [-0.4, -0.2) is 44.0 Å². The van der Waals surface area contributed by atoms with Crippen LogP contribution in [0.2, 0.25) is 0 Å². The molecule has 96 valence electrons. The van der Waals surface area contributed by atoms with Crippen molar-refractivity contribution < 1.29 is 9.47 Å². The third-order valence-electron chi connectivity index (χ3n) is 3.13. The first-order valence-electron chi connectivity index (χ1n) is 6.71. The van der Waals surface area contributed by atoms with Gasteiger partial charge >= 0.3 is 0 Å². The van der Waals surface area contributed by atoms with Gasteiger partial charge in [0.25, 0.3) is 0 Å². The molecule has 16 heavy (non-hydrogen) atoms. The molecule has 1 saturated heterocycles. The highest BCUT2D eigenvalue weighted by atomic mass is 16.7. The molecule has 0 aliphatic carbocycles. The van der Waals surface area contributed by atoms with E-state index in [1.54, 1.807) is 0 Å². The van der Waals surface area contributed by atoms with Gasteiger partial charge in [-0.25, -0.2) is 0 Å². The molecule has 0 aromatic rings. The van der Waals surface area contributed by atoms with Gasteiger partial charge in [0.05, 0.1) is 0 Å². The minimum atomic E-state index is -0.00719. The molecule has 1 aliphatic heterocycles. The van der Waals surface area contributed by atoms with Crippen molar-refractivity contribution in [1.29, 1.82) is 0 Å². The summed E-state index contributed by atoms with van der Waals surface area (Å²) in [6, 6.07) is 0. The molecule has 1 unspecified atom stereocenters. The van der Waals surface area contributed by atoms with E-state index in [0.29, 0.717) is 0 Å². The Kier molecular flexibility index (Phi) is 7.01. The molecule has 3 heteroatoms. The van der Waals surface area contributed by atoms with Crippen LogP contribution in [0.5, 0.6) is 0 Å². The summed E-state index contributed by atoms with van der Waals surface area (Å²) in [7, 11) is 0. The summed E-state index contributed by atoms with van der Waals surface area (Å²) in [6.07, 6.45) is 3.72. The average molecular weight is 229 g/mol. The van der Waals surface area contributed by atoms with Gasteiger partial charge in [-0.2, -0.15) is 0 Å². The van der Waals surface area contributed by atoms with Gasteiger partial charge in [-0.3, -0.25) is 0 Å². The second-order valence-electron chi connectivity index (χ2n) is 4.68. The molecule has 0 radical (unpaired) electrons. The maximum atomic E-state index is 5.55. The van der Waals surface area contributed by atoms with Crippen LogP contribution in [0.3, 0.4) is 0 Å². The van der Waals surface area contributed by atoms with Crippen molar-refractivity contribution in [2.75, 3.05) is 32.8 Å². The lowest BCUT2D eigenvalue weighted by molar-refractivity contribution is -0.142. The van der Waals surface area contributed by atoms with Gasteiger partial charge in [0.15, 0.2) is 6.29 Å².